The molecule has 1 amide bonds. The van der Waals surface area contributed by atoms with Gasteiger partial charge >= 0.3 is 29.9 Å². The van der Waals surface area contributed by atoms with Gasteiger partial charge in [0.2, 0.25) is 19.5 Å². The van der Waals surface area contributed by atoms with E-state index < -0.39 is 64.8 Å². The van der Waals surface area contributed by atoms with Crippen molar-refractivity contribution in [3.63, 3.8) is 0 Å². The molecule has 87 heavy (non-hydrogen) atoms. The van der Waals surface area contributed by atoms with Gasteiger partial charge in [0, 0.05) is 50.4 Å². The van der Waals surface area contributed by atoms with E-state index in [0.717, 1.165) is 113 Å². The maximum atomic E-state index is 13.4. The van der Waals surface area contributed by atoms with Crippen molar-refractivity contribution in [1.82, 2.24) is 20.0 Å². The van der Waals surface area contributed by atoms with Gasteiger partial charge in [-0.3, -0.25) is 24.2 Å². The van der Waals surface area contributed by atoms with E-state index in [1.165, 1.54) is 41.7 Å². The minimum atomic E-state index is -5.77. The summed E-state index contributed by atoms with van der Waals surface area (Å²) in [5.41, 5.74) is 3.89. The van der Waals surface area contributed by atoms with Crippen LogP contribution >= 0.6 is 0 Å². The van der Waals surface area contributed by atoms with Crippen molar-refractivity contribution in [1.29, 1.82) is 0 Å². The first-order valence-corrected chi connectivity index (χ1v) is 27.6. The number of halogens is 12. The third-order valence-electron chi connectivity index (χ3n) is 15.6. The molecule has 4 aromatic carbocycles. The summed E-state index contributed by atoms with van der Waals surface area (Å²) in [6.45, 7) is 7.90. The largest absolute Gasteiger partial charge is 0.478 e. The zero-order chi connectivity index (χ0) is 63.2. The molecule has 6 aliphatic heterocycles. The van der Waals surface area contributed by atoms with Crippen molar-refractivity contribution in [2.75, 3.05) is 79.2 Å². The topological polar surface area (TPSA) is 188 Å². The van der Waals surface area contributed by atoms with Gasteiger partial charge in [-0.25, -0.2) is 31.1 Å². The number of ketones is 2. The average molecular weight is 1240 g/mol. The first kappa shape index (κ1) is 67.1. The second-order valence-corrected chi connectivity index (χ2v) is 21.0. The molecular formula is C60H62F12N4O11. The molecule has 27 heteroatoms. The number of Topliss-reactive ketones (excluding diaryl/α,β-unsaturated/α-hetero) is 2. The van der Waals surface area contributed by atoms with E-state index in [0.29, 0.717) is 56.0 Å². The standard InChI is InChI=1S/C28H31F3N2O4.C19H26N2O3.C9H5F3O2.C4F6O2/c29-22-13-18(14-23(30)28(22)31)1-4-27(35)33-11-7-20(8-12-33)24(16-34)32-9-5-19(6-10-32)21-2-3-25-26(15-21)37-17-36-25;22-12-17(15-3-7-20-8-4-15)21-9-5-14(6-10-21)16-1-2-18-19(11-16)24-13-23-18;10-6-3-5(1-2-8(13)14)4-7(11)9(6)12;5-3(6,7)1(11)2(12)4(8,9)10/h1-4,13-15,19-20,24,34H,5-12,16-17H2;1-2,5,11,15,17,20,22H,3-4,6-10,12-13H2;1-4H,(H,13,14);/b4-1+;;2-1+;. The molecule has 0 aliphatic carbocycles. The van der Waals surface area contributed by atoms with Crippen LogP contribution in [-0.4, -0.2) is 157 Å². The van der Waals surface area contributed by atoms with Crippen LogP contribution in [0.5, 0.6) is 23.0 Å². The molecule has 472 valence electrons. The number of carbonyl (C=O) groups excluding carboxylic acids is 3. The van der Waals surface area contributed by atoms with E-state index in [1.807, 2.05) is 12.1 Å². The second kappa shape index (κ2) is 30.4. The normalized spacial score (nSPS) is 18.4. The van der Waals surface area contributed by atoms with E-state index in [2.05, 4.69) is 45.5 Å². The van der Waals surface area contributed by atoms with E-state index in [1.54, 1.807) is 4.90 Å². The van der Waals surface area contributed by atoms with E-state index >= 15 is 0 Å². The lowest BCUT2D eigenvalue weighted by Crippen LogP contribution is -2.50. The molecule has 4 aromatic rings. The first-order chi connectivity index (χ1) is 41.3. The number of aliphatic carboxylic acids is 1. The third kappa shape index (κ3) is 18.3. The number of amides is 1. The number of nitrogens with zero attached hydrogens (tertiary/aromatic N) is 3. The van der Waals surface area contributed by atoms with Crippen LogP contribution in [0.25, 0.3) is 17.7 Å². The summed E-state index contributed by atoms with van der Waals surface area (Å²) in [6, 6.07) is 15.8. The van der Waals surface area contributed by atoms with Crippen molar-refractivity contribution >= 4 is 41.2 Å². The Labute approximate surface area is 491 Å². The molecule has 4 N–H and O–H groups in total. The van der Waals surface area contributed by atoms with Crippen molar-refractivity contribution in [3.8, 4) is 23.0 Å². The average Bonchev–Trinajstić information content (AvgIpc) is 4.38. The molecule has 2 atom stereocenters. The summed E-state index contributed by atoms with van der Waals surface area (Å²) < 4.78 is 166. The Morgan fingerprint density at radius 3 is 1.53 bits per heavy atom. The number of alkyl halides is 6. The summed E-state index contributed by atoms with van der Waals surface area (Å²) in [5, 5.41) is 31.8. The smallest absolute Gasteiger partial charge is 0.458 e. The number of likely N-dealkylation sites (tertiary alicyclic amines) is 2. The number of nitrogens with one attached hydrogen (secondary N) is 1. The van der Waals surface area contributed by atoms with E-state index in [9.17, 15) is 82.1 Å². The quantitative estimate of drug-likeness (QED) is 0.0429. The Hall–Kier alpha value is -7.46. The fourth-order valence-corrected chi connectivity index (χ4v) is 11.0. The molecule has 0 radical (unpaired) electrons. The minimum absolute atomic E-state index is 0.0515. The highest BCUT2D eigenvalue weighted by Gasteiger charge is 2.54. The number of aliphatic hydroxyl groups excluding tert-OH is 2. The Morgan fingerprint density at radius 2 is 1.05 bits per heavy atom. The van der Waals surface area contributed by atoms with E-state index in [-0.39, 0.29) is 49.0 Å². The maximum Gasteiger partial charge on any atom is 0.458 e. The molecule has 0 bridgehead atoms. The second-order valence-electron chi connectivity index (χ2n) is 21.0. The van der Waals surface area contributed by atoms with Crippen LogP contribution in [0, 0.1) is 46.7 Å². The summed E-state index contributed by atoms with van der Waals surface area (Å²) >= 11 is 0. The van der Waals surface area contributed by atoms with Gasteiger partial charge in [0.15, 0.2) is 57.9 Å². The van der Waals surface area contributed by atoms with Crippen LogP contribution < -0.4 is 24.3 Å². The number of ether oxygens (including phenoxy) is 4. The number of hydrogen-bond acceptors (Lipinski definition) is 13. The lowest BCUT2D eigenvalue weighted by atomic mass is 9.84. The third-order valence-corrected chi connectivity index (χ3v) is 15.6. The zero-order valence-electron chi connectivity index (χ0n) is 46.5. The number of carbonyl (C=O) groups is 4. The number of piperidine rings is 3. The van der Waals surface area contributed by atoms with Crippen LogP contribution in [-0.2, 0) is 19.2 Å². The number of carboxylic acid groups (broad SMARTS) is 1. The lowest BCUT2D eigenvalue weighted by molar-refractivity contribution is -0.193. The van der Waals surface area contributed by atoms with Gasteiger partial charge in [-0.05, 0) is 177 Å². The number of aliphatic hydroxyl groups is 2. The fourth-order valence-electron chi connectivity index (χ4n) is 11.0. The fraction of sp³-hybridized carbons (Fsp3) is 0.433. The highest BCUT2D eigenvalue weighted by molar-refractivity contribution is 6.41. The number of carboxylic acids is 1. The number of benzene rings is 4. The van der Waals surface area contributed by atoms with Crippen molar-refractivity contribution < 1.29 is 106 Å². The zero-order valence-corrected chi connectivity index (χ0v) is 46.5. The van der Waals surface area contributed by atoms with Crippen LogP contribution in [0.3, 0.4) is 0 Å². The van der Waals surface area contributed by atoms with Gasteiger partial charge in [-0.1, -0.05) is 18.2 Å². The highest BCUT2D eigenvalue weighted by atomic mass is 19.4. The highest BCUT2D eigenvalue weighted by Crippen LogP contribution is 2.40. The maximum absolute atomic E-state index is 13.4. The van der Waals surface area contributed by atoms with Crippen LogP contribution in [0.15, 0.2) is 78.9 Å². The van der Waals surface area contributed by atoms with Gasteiger partial charge in [0.25, 0.3) is 0 Å². The van der Waals surface area contributed by atoms with Crippen molar-refractivity contribution in [2.24, 2.45) is 11.8 Å². The minimum Gasteiger partial charge on any atom is -0.478 e. The molecule has 6 heterocycles. The first-order valence-electron chi connectivity index (χ1n) is 27.6. The summed E-state index contributed by atoms with van der Waals surface area (Å²) in [5.74, 6) is -12.1. The number of fused-ring (bicyclic) bond motifs is 2. The van der Waals surface area contributed by atoms with Gasteiger partial charge in [-0.15, -0.1) is 0 Å². The molecule has 6 aliphatic rings. The van der Waals surface area contributed by atoms with Crippen molar-refractivity contribution in [2.45, 2.75) is 75.3 Å². The molecule has 0 aromatic heterocycles. The van der Waals surface area contributed by atoms with Gasteiger partial charge in [0.05, 0.1) is 13.2 Å². The Balaban J connectivity index is 0.000000184. The van der Waals surface area contributed by atoms with Crippen LogP contribution in [0.1, 0.15) is 73.1 Å². The molecule has 3 fully saturated rings. The Bertz CT molecular complexity index is 3090. The number of hydrogen-bond donors (Lipinski definition) is 4. The van der Waals surface area contributed by atoms with Crippen molar-refractivity contribution in [3.05, 3.63) is 136 Å². The number of rotatable bonds is 13. The van der Waals surface area contributed by atoms with Gasteiger partial charge < -0.3 is 44.5 Å². The lowest BCUT2D eigenvalue weighted by Gasteiger charge is -2.43. The van der Waals surface area contributed by atoms with Gasteiger partial charge in [-0.2, -0.15) is 26.3 Å². The predicted octanol–water partition coefficient (Wildman–Crippen LogP) is 9.64. The molecular weight excluding hydrogens is 1180 g/mol. The molecule has 3 saturated heterocycles. The molecule has 2 unspecified atom stereocenters. The molecule has 0 spiro atoms. The summed E-state index contributed by atoms with van der Waals surface area (Å²) in [4.78, 5) is 48.4. The van der Waals surface area contributed by atoms with Crippen LogP contribution in [0.4, 0.5) is 52.7 Å². The van der Waals surface area contributed by atoms with Gasteiger partial charge in [0.1, 0.15) is 0 Å². The molecule has 15 nitrogen and oxygen atoms in total. The summed E-state index contributed by atoms with van der Waals surface area (Å²) in [7, 11) is 0. The Kier molecular flexibility index (Phi) is 23.5. The van der Waals surface area contributed by atoms with Crippen LogP contribution in [0.2, 0.25) is 0 Å². The summed E-state index contributed by atoms with van der Waals surface area (Å²) in [6.07, 6.45) is 1.88. The Morgan fingerprint density at radius 1 is 0.575 bits per heavy atom. The predicted molar refractivity (Wildman–Crippen MR) is 290 cm³/mol. The SMILES string of the molecule is O=C(/C=C/c1cc(F)c(F)c(F)c1)N1CCC(C(CO)N2CCC(c3ccc4c(c3)OCO4)CC2)CC1.O=C(C(=O)C(F)(F)F)C(F)(F)F.O=C(O)/C=C/c1cc(F)c(F)c(F)c1.OCC(C1CCNCC1)N1CC=C(c2ccc3c(c2)OCO3)CC1. The molecule has 0 saturated carbocycles. The van der Waals surface area contributed by atoms with E-state index in [4.69, 9.17) is 24.1 Å². The molecule has 10 rings (SSSR count). The monoisotopic (exact) mass is 1240 g/mol.